The molecule has 1 saturated heterocycles. The number of ether oxygens (including phenoxy) is 1. The van der Waals surface area contributed by atoms with E-state index in [9.17, 15) is 14.0 Å². The summed E-state index contributed by atoms with van der Waals surface area (Å²) in [5.41, 5.74) is 6.53. The van der Waals surface area contributed by atoms with E-state index in [1.54, 1.807) is 6.07 Å². The molecule has 3 N–H and O–H groups in total. The largest absolute Gasteiger partial charge is 0.370 e. The third-order valence-electron chi connectivity index (χ3n) is 5.78. The van der Waals surface area contributed by atoms with Gasteiger partial charge in [-0.05, 0) is 42.9 Å². The quantitative estimate of drug-likeness (QED) is 0.640. The molecule has 1 aromatic carbocycles. The molecule has 1 saturated carbocycles. The molecule has 1 aromatic rings. The Morgan fingerprint density at radius 2 is 2.17 bits per heavy atom. The van der Waals surface area contributed by atoms with Gasteiger partial charge in [0.1, 0.15) is 18.5 Å². The number of benzene rings is 1. The summed E-state index contributed by atoms with van der Waals surface area (Å²) in [6, 6.07) is 3.93. The monoisotopic (exact) mass is 420 g/mol. The maximum Gasteiger partial charge on any atom is 0.253 e. The second-order valence-corrected chi connectivity index (χ2v) is 8.65. The first-order valence-corrected chi connectivity index (χ1v) is 10.8. The minimum Gasteiger partial charge on any atom is -0.370 e. The van der Waals surface area contributed by atoms with Crippen LogP contribution in [0.15, 0.2) is 18.2 Å². The zero-order valence-corrected chi connectivity index (χ0v) is 17.9. The number of carbonyl (C=O) groups excluding carboxylic acids is 2. The topological polar surface area (TPSA) is 87.9 Å². The lowest BCUT2D eigenvalue weighted by molar-refractivity contribution is -0.125. The molecule has 0 bridgehead atoms. The maximum absolute atomic E-state index is 14.7. The van der Waals surface area contributed by atoms with Crippen LogP contribution in [0.3, 0.4) is 0 Å². The first-order chi connectivity index (χ1) is 14.4. The van der Waals surface area contributed by atoms with Gasteiger partial charge >= 0.3 is 0 Å². The van der Waals surface area contributed by atoms with Gasteiger partial charge in [0.05, 0.1) is 12.3 Å². The molecule has 0 unspecified atom stereocenters. The highest BCUT2D eigenvalue weighted by Crippen LogP contribution is 2.28. The van der Waals surface area contributed by atoms with E-state index in [0.717, 1.165) is 13.1 Å². The first-order valence-electron chi connectivity index (χ1n) is 10.8. The van der Waals surface area contributed by atoms with E-state index in [1.807, 2.05) is 0 Å². The molecule has 0 aromatic heterocycles. The predicted molar refractivity (Wildman–Crippen MR) is 115 cm³/mol. The van der Waals surface area contributed by atoms with Gasteiger partial charge in [-0.25, -0.2) is 4.39 Å². The Morgan fingerprint density at radius 1 is 1.40 bits per heavy atom. The van der Waals surface area contributed by atoms with Crippen molar-refractivity contribution in [2.24, 2.45) is 17.6 Å². The van der Waals surface area contributed by atoms with Crippen LogP contribution in [0, 0.1) is 17.7 Å². The van der Waals surface area contributed by atoms with Crippen LogP contribution < -0.4 is 16.0 Å². The lowest BCUT2D eigenvalue weighted by Gasteiger charge is -2.37. The molecule has 2 aliphatic rings. The van der Waals surface area contributed by atoms with E-state index in [1.165, 1.54) is 36.3 Å². The predicted octanol–water partition coefficient (Wildman–Crippen LogP) is 2.21. The average molecular weight is 421 g/mol. The Hall–Kier alpha value is -2.03. The number of amides is 2. The van der Waals surface area contributed by atoms with E-state index < -0.39 is 11.9 Å². The lowest BCUT2D eigenvalue weighted by Crippen LogP contribution is -2.52. The van der Waals surface area contributed by atoms with Crippen molar-refractivity contribution >= 4 is 23.2 Å². The summed E-state index contributed by atoms with van der Waals surface area (Å²) in [5.74, 6) is -0.0310. The molecular formula is C22H33FN4O3. The van der Waals surface area contributed by atoms with Crippen LogP contribution in [0.4, 0.5) is 15.8 Å². The van der Waals surface area contributed by atoms with Gasteiger partial charge in [-0.15, -0.1) is 0 Å². The van der Waals surface area contributed by atoms with Gasteiger partial charge in [-0.3, -0.25) is 14.5 Å². The van der Waals surface area contributed by atoms with Gasteiger partial charge in [0.15, 0.2) is 0 Å². The molecule has 1 heterocycles. The Labute approximate surface area is 177 Å². The van der Waals surface area contributed by atoms with Crippen LogP contribution in [0.5, 0.6) is 0 Å². The van der Waals surface area contributed by atoms with E-state index >= 15 is 0 Å². The van der Waals surface area contributed by atoms with E-state index in [2.05, 4.69) is 24.1 Å². The van der Waals surface area contributed by atoms with Crippen LogP contribution in [-0.4, -0.2) is 62.1 Å². The summed E-state index contributed by atoms with van der Waals surface area (Å²) >= 11 is 0. The number of carbonyl (C=O) groups is 2. The smallest absolute Gasteiger partial charge is 0.253 e. The molecule has 2 fully saturated rings. The molecule has 7 nitrogen and oxygen atoms in total. The van der Waals surface area contributed by atoms with Crippen molar-refractivity contribution in [1.82, 2.24) is 4.90 Å². The molecule has 3 rings (SSSR count). The number of hydrogen-bond donors (Lipinski definition) is 2. The van der Waals surface area contributed by atoms with Gasteiger partial charge in [0.25, 0.3) is 5.91 Å². The van der Waals surface area contributed by atoms with Crippen LogP contribution in [0.2, 0.25) is 0 Å². The highest BCUT2D eigenvalue weighted by molar-refractivity contribution is 5.97. The molecule has 0 spiro atoms. The standard InChI is InChI=1S/C22H33FN4O3/c1-15(2)12-26(13-16-4-3-5-16)20(11-24)22(29)25-17-6-7-19(18(23)10-17)27-8-9-30-14-21(27)28/h6-7,10,15-16,20H,3-5,8-9,11-14,24H2,1-2H3,(H,25,29)/t20-/m1/s1. The first kappa shape index (κ1) is 22.7. The fourth-order valence-corrected chi connectivity index (χ4v) is 4.03. The highest BCUT2D eigenvalue weighted by atomic mass is 19.1. The second-order valence-electron chi connectivity index (χ2n) is 8.65. The number of halogens is 1. The Bertz CT molecular complexity index is 754. The third-order valence-corrected chi connectivity index (χ3v) is 5.78. The van der Waals surface area contributed by atoms with E-state index in [4.69, 9.17) is 10.5 Å². The van der Waals surface area contributed by atoms with Gasteiger partial charge < -0.3 is 20.7 Å². The minimum atomic E-state index is -0.555. The fourth-order valence-electron chi connectivity index (χ4n) is 4.03. The van der Waals surface area contributed by atoms with Crippen molar-refractivity contribution in [3.63, 3.8) is 0 Å². The van der Waals surface area contributed by atoms with Crippen molar-refractivity contribution in [2.45, 2.75) is 39.2 Å². The second kappa shape index (κ2) is 10.3. The van der Waals surface area contributed by atoms with Gasteiger partial charge in [-0.2, -0.15) is 0 Å². The molecule has 2 amide bonds. The number of nitrogens with one attached hydrogen (secondary N) is 1. The molecule has 30 heavy (non-hydrogen) atoms. The van der Waals surface area contributed by atoms with Crippen LogP contribution in [0.1, 0.15) is 33.1 Å². The van der Waals surface area contributed by atoms with Gasteiger partial charge in [-0.1, -0.05) is 20.3 Å². The average Bonchev–Trinajstić information content (AvgIpc) is 2.65. The van der Waals surface area contributed by atoms with E-state index in [0.29, 0.717) is 30.7 Å². The minimum absolute atomic E-state index is 0.0528. The van der Waals surface area contributed by atoms with Crippen molar-refractivity contribution < 1.29 is 18.7 Å². The number of anilines is 2. The molecular weight excluding hydrogens is 387 g/mol. The maximum atomic E-state index is 14.7. The van der Waals surface area contributed by atoms with Gasteiger partial charge in [0, 0.05) is 31.9 Å². The number of morpholine rings is 1. The van der Waals surface area contributed by atoms with E-state index in [-0.39, 0.29) is 30.7 Å². The highest BCUT2D eigenvalue weighted by Gasteiger charge is 2.30. The Kier molecular flexibility index (Phi) is 7.80. The number of nitrogens with two attached hydrogens (primary N) is 1. The summed E-state index contributed by atoms with van der Waals surface area (Å²) in [6.07, 6.45) is 3.64. The summed E-state index contributed by atoms with van der Waals surface area (Å²) in [4.78, 5) is 28.5. The van der Waals surface area contributed by atoms with Crippen molar-refractivity contribution in [1.29, 1.82) is 0 Å². The summed E-state index contributed by atoms with van der Waals surface area (Å²) in [6.45, 7) is 6.73. The molecule has 8 heteroatoms. The summed E-state index contributed by atoms with van der Waals surface area (Å²) < 4.78 is 19.8. The normalized spacial score (nSPS) is 18.6. The van der Waals surface area contributed by atoms with Crippen molar-refractivity contribution in [3.8, 4) is 0 Å². The lowest BCUT2D eigenvalue weighted by atomic mass is 9.84. The molecule has 166 valence electrons. The van der Waals surface area contributed by atoms with Gasteiger partial charge in [0.2, 0.25) is 5.91 Å². The number of hydrogen-bond acceptors (Lipinski definition) is 5. The third kappa shape index (κ3) is 5.56. The number of rotatable bonds is 9. The molecule has 1 aliphatic carbocycles. The van der Waals surface area contributed by atoms with Crippen LogP contribution in [0.25, 0.3) is 0 Å². The SMILES string of the molecule is CC(C)CN(CC1CCC1)[C@H](CN)C(=O)Nc1ccc(N2CCOCC2=O)c(F)c1. The summed E-state index contributed by atoms with van der Waals surface area (Å²) in [7, 11) is 0. The zero-order chi connectivity index (χ0) is 21.7. The van der Waals surface area contributed by atoms with Crippen LogP contribution >= 0.6 is 0 Å². The van der Waals surface area contributed by atoms with Crippen molar-refractivity contribution in [3.05, 3.63) is 24.0 Å². The fraction of sp³-hybridized carbons (Fsp3) is 0.636. The zero-order valence-electron chi connectivity index (χ0n) is 17.9. The Morgan fingerprint density at radius 3 is 2.73 bits per heavy atom. The van der Waals surface area contributed by atoms with Crippen molar-refractivity contribution in [2.75, 3.05) is 49.6 Å². The molecule has 0 radical (unpaired) electrons. The molecule has 1 atom stereocenters. The number of nitrogens with zero attached hydrogens (tertiary/aromatic N) is 2. The summed E-state index contributed by atoms with van der Waals surface area (Å²) in [5, 5.41) is 2.81. The molecule has 1 aliphatic heterocycles. The van der Waals surface area contributed by atoms with Crippen LogP contribution in [-0.2, 0) is 14.3 Å². The Balaban J connectivity index is 1.69.